The summed E-state index contributed by atoms with van der Waals surface area (Å²) in [7, 11) is 0. The van der Waals surface area contributed by atoms with E-state index in [9.17, 15) is 0 Å². The van der Waals surface area contributed by atoms with Crippen LogP contribution in [0.4, 0.5) is 0 Å². The summed E-state index contributed by atoms with van der Waals surface area (Å²) in [5, 5.41) is 2.58. The molecule has 1 aliphatic rings. The van der Waals surface area contributed by atoms with Crippen LogP contribution >= 0.6 is 0 Å². The van der Waals surface area contributed by atoms with Crippen molar-refractivity contribution in [2.24, 2.45) is 0 Å². The molecule has 0 saturated carbocycles. The van der Waals surface area contributed by atoms with Crippen LogP contribution in [0.3, 0.4) is 0 Å². The van der Waals surface area contributed by atoms with E-state index in [4.69, 9.17) is 4.98 Å². The van der Waals surface area contributed by atoms with Crippen LogP contribution in [0.2, 0.25) is 0 Å². The smallest absolute Gasteiger partial charge is 0.0167 e. The van der Waals surface area contributed by atoms with Crippen LogP contribution in [0.15, 0.2) is 116 Å². The minimum Gasteiger partial charge on any atom is -0.305 e. The van der Waals surface area contributed by atoms with Crippen molar-refractivity contribution in [3.63, 3.8) is 0 Å². The monoisotopic (exact) mass is 723 g/mol. The van der Waals surface area contributed by atoms with Gasteiger partial charge in [-0.1, -0.05) is 71.0 Å². The fourth-order valence-electron chi connectivity index (χ4n) is 5.78. The molecule has 0 fully saturated rings. The van der Waals surface area contributed by atoms with E-state index < -0.39 is 0 Å². The van der Waals surface area contributed by atoms with Gasteiger partial charge in [0.2, 0.25) is 0 Å². The molecule has 2 aromatic heterocycles. The van der Waals surface area contributed by atoms with Crippen molar-refractivity contribution in [3.05, 3.63) is 144 Å². The van der Waals surface area contributed by atoms with Crippen LogP contribution in [0.25, 0.3) is 44.4 Å². The zero-order chi connectivity index (χ0) is 28.6. The zero-order valence-corrected chi connectivity index (χ0v) is 27.1. The summed E-state index contributed by atoms with van der Waals surface area (Å²) in [5.41, 5.74) is 10.8. The van der Waals surface area contributed by atoms with Crippen molar-refractivity contribution in [3.8, 4) is 33.6 Å². The predicted octanol–water partition coefficient (Wildman–Crippen LogP) is 9.85. The number of benzene rings is 4. The molecule has 211 valence electrons. The van der Waals surface area contributed by atoms with Gasteiger partial charge in [0.05, 0.1) is 0 Å². The SMILES string of the molecule is CC(C)(C)c1cc[c-]c(-c2nccc3c2C(C)(C)c2cc4ccccc4cc2-3)c1.[Ir].[c-]1ccccc1-c1ccccn1. The van der Waals surface area contributed by atoms with Gasteiger partial charge in [-0.05, 0) is 74.1 Å². The largest absolute Gasteiger partial charge is 0.305 e. The molecule has 0 atom stereocenters. The molecule has 42 heavy (non-hydrogen) atoms. The molecular weight excluding hydrogens is 689 g/mol. The molecule has 0 unspecified atom stereocenters. The van der Waals surface area contributed by atoms with E-state index >= 15 is 0 Å². The fourth-order valence-corrected chi connectivity index (χ4v) is 5.78. The van der Waals surface area contributed by atoms with Crippen molar-refractivity contribution in [1.82, 2.24) is 9.97 Å². The summed E-state index contributed by atoms with van der Waals surface area (Å²) in [6.07, 6.45) is 3.74. The Balaban J connectivity index is 0.000000228. The Morgan fingerprint density at radius 1 is 0.643 bits per heavy atom. The Morgan fingerprint density at radius 3 is 2.05 bits per heavy atom. The van der Waals surface area contributed by atoms with Gasteiger partial charge < -0.3 is 9.97 Å². The van der Waals surface area contributed by atoms with E-state index in [1.807, 2.05) is 54.7 Å². The number of fused-ring (bicyclic) bond motifs is 4. The Kier molecular flexibility index (Phi) is 8.28. The molecule has 0 spiro atoms. The van der Waals surface area contributed by atoms with E-state index in [0.717, 1.165) is 22.5 Å². The first kappa shape index (κ1) is 29.6. The van der Waals surface area contributed by atoms with E-state index in [0.29, 0.717) is 0 Å². The standard InChI is InChI=1S/C28H26N.C11H8N.Ir/c1-27(2,3)21-12-8-11-20(15-21)26-25-22(13-14-29-26)23-16-18-9-6-7-10-19(18)17-24(23)28(25,4)5;1-2-6-10(7-3-1)11-8-4-5-9-12-11;/h6-10,12-17H,1-5H3;1-6,8-9H;/q2*-1;. The van der Waals surface area contributed by atoms with Gasteiger partial charge in [0.15, 0.2) is 0 Å². The Morgan fingerprint density at radius 2 is 1.36 bits per heavy atom. The number of aromatic nitrogens is 2. The summed E-state index contributed by atoms with van der Waals surface area (Å²) in [6.45, 7) is 11.4. The van der Waals surface area contributed by atoms with Gasteiger partial charge in [-0.25, -0.2) is 0 Å². The van der Waals surface area contributed by atoms with Gasteiger partial charge in [-0.2, -0.15) is 0 Å². The van der Waals surface area contributed by atoms with Gasteiger partial charge in [0.1, 0.15) is 0 Å². The second kappa shape index (κ2) is 11.8. The summed E-state index contributed by atoms with van der Waals surface area (Å²) >= 11 is 0. The molecule has 0 amide bonds. The molecule has 6 aromatic rings. The Hall–Kier alpha value is -3.91. The number of nitrogens with zero attached hydrogens (tertiary/aromatic N) is 2. The minimum absolute atomic E-state index is 0. The number of rotatable bonds is 2. The number of hydrogen-bond donors (Lipinski definition) is 0. The predicted molar refractivity (Wildman–Crippen MR) is 171 cm³/mol. The van der Waals surface area contributed by atoms with Crippen LogP contribution in [0.5, 0.6) is 0 Å². The van der Waals surface area contributed by atoms with Crippen molar-refractivity contribution >= 4 is 10.8 Å². The summed E-state index contributed by atoms with van der Waals surface area (Å²) < 4.78 is 0. The molecule has 1 aliphatic carbocycles. The van der Waals surface area contributed by atoms with E-state index in [1.54, 1.807) is 6.20 Å². The van der Waals surface area contributed by atoms with Crippen molar-refractivity contribution in [2.45, 2.75) is 45.4 Å². The molecule has 1 radical (unpaired) electrons. The minimum atomic E-state index is -0.107. The fraction of sp³-hybridized carbons (Fsp3) is 0.179. The second-order valence-corrected chi connectivity index (χ2v) is 12.2. The molecule has 7 rings (SSSR count). The van der Waals surface area contributed by atoms with Gasteiger partial charge in [-0.15, -0.1) is 71.3 Å². The molecule has 2 nitrogen and oxygen atoms in total. The molecule has 0 N–H and O–H groups in total. The first-order valence-corrected chi connectivity index (χ1v) is 14.2. The van der Waals surface area contributed by atoms with Crippen LogP contribution in [0.1, 0.15) is 51.3 Å². The third-order valence-electron chi connectivity index (χ3n) is 8.00. The Bertz CT molecular complexity index is 1800. The third-order valence-corrected chi connectivity index (χ3v) is 8.00. The van der Waals surface area contributed by atoms with Crippen molar-refractivity contribution < 1.29 is 20.1 Å². The van der Waals surface area contributed by atoms with Gasteiger partial charge >= 0.3 is 0 Å². The third kappa shape index (κ3) is 5.60. The molecular formula is C39H34IrN2-2. The molecule has 0 saturated heterocycles. The van der Waals surface area contributed by atoms with Crippen LogP contribution < -0.4 is 0 Å². The maximum atomic E-state index is 4.86. The summed E-state index contributed by atoms with van der Waals surface area (Å²) in [6, 6.07) is 42.3. The quantitative estimate of drug-likeness (QED) is 0.166. The number of pyridine rings is 2. The van der Waals surface area contributed by atoms with E-state index in [-0.39, 0.29) is 30.9 Å². The number of hydrogen-bond acceptors (Lipinski definition) is 2. The van der Waals surface area contributed by atoms with Crippen LogP contribution in [0, 0.1) is 12.1 Å². The molecule has 0 bridgehead atoms. The van der Waals surface area contributed by atoms with Crippen molar-refractivity contribution in [1.29, 1.82) is 0 Å². The average molecular weight is 723 g/mol. The van der Waals surface area contributed by atoms with Crippen molar-refractivity contribution in [2.75, 3.05) is 0 Å². The molecule has 3 heteroatoms. The normalized spacial score (nSPS) is 12.9. The summed E-state index contributed by atoms with van der Waals surface area (Å²) in [4.78, 5) is 9.08. The van der Waals surface area contributed by atoms with Gasteiger partial charge in [0, 0.05) is 37.9 Å². The van der Waals surface area contributed by atoms with E-state index in [1.165, 1.54) is 38.6 Å². The van der Waals surface area contributed by atoms with Crippen LogP contribution in [-0.4, -0.2) is 9.97 Å². The maximum Gasteiger partial charge on any atom is 0.0167 e. The first-order chi connectivity index (χ1) is 19.7. The summed E-state index contributed by atoms with van der Waals surface area (Å²) in [5.74, 6) is 0. The van der Waals surface area contributed by atoms with Crippen LogP contribution in [-0.2, 0) is 30.9 Å². The van der Waals surface area contributed by atoms with E-state index in [2.05, 4.69) is 106 Å². The molecule has 4 aromatic carbocycles. The topological polar surface area (TPSA) is 25.8 Å². The maximum absolute atomic E-state index is 4.86. The second-order valence-electron chi connectivity index (χ2n) is 12.2. The molecule has 2 heterocycles. The zero-order valence-electron chi connectivity index (χ0n) is 24.7. The molecule has 0 aliphatic heterocycles. The average Bonchev–Trinajstić information content (AvgIpc) is 3.23. The Labute approximate surface area is 263 Å². The van der Waals surface area contributed by atoms with Gasteiger partial charge in [-0.3, -0.25) is 0 Å². The first-order valence-electron chi connectivity index (χ1n) is 14.2. The van der Waals surface area contributed by atoms with Gasteiger partial charge in [0.25, 0.3) is 0 Å².